The highest BCUT2D eigenvalue weighted by Gasteiger charge is 2.24. The lowest BCUT2D eigenvalue weighted by Crippen LogP contribution is -2.13. The molecule has 176 valence electrons. The van der Waals surface area contributed by atoms with Crippen molar-refractivity contribution in [3.05, 3.63) is 59.0 Å². The van der Waals surface area contributed by atoms with E-state index in [1.165, 1.54) is 18.2 Å². The average molecular weight is 483 g/mol. The third-order valence-corrected chi connectivity index (χ3v) is 5.90. The number of pyridine rings is 1. The standard InChI is InChI=1S/C22H20F3NO6S/c1-3-16-14(10-12-5-4-6-13(9-12)33(2,29)30)21(32-22(24)25)19-17(31-11-18(27)28)8-7-15(23)20(19)26-16/h4-9,22H,3,10-11H2,1-2H3,(H,27,28). The summed E-state index contributed by atoms with van der Waals surface area (Å²) >= 11 is 0. The van der Waals surface area contributed by atoms with Gasteiger partial charge in [0.2, 0.25) is 0 Å². The molecule has 0 aliphatic carbocycles. The molecule has 11 heteroatoms. The molecule has 0 saturated heterocycles. The molecule has 2 aromatic carbocycles. The molecule has 1 aromatic heterocycles. The van der Waals surface area contributed by atoms with Crippen LogP contribution in [0.5, 0.6) is 11.5 Å². The second kappa shape index (κ2) is 9.65. The first-order valence-electron chi connectivity index (χ1n) is 9.73. The largest absolute Gasteiger partial charge is 0.481 e. The third-order valence-electron chi connectivity index (χ3n) is 4.79. The van der Waals surface area contributed by atoms with Crippen LogP contribution in [0.4, 0.5) is 13.2 Å². The molecule has 3 aromatic rings. The first-order chi connectivity index (χ1) is 15.5. The molecule has 0 spiro atoms. The number of sulfone groups is 1. The van der Waals surface area contributed by atoms with Gasteiger partial charge in [-0.25, -0.2) is 22.6 Å². The Morgan fingerprint density at radius 1 is 1.21 bits per heavy atom. The molecular formula is C22H20F3NO6S. The van der Waals surface area contributed by atoms with E-state index in [4.69, 9.17) is 14.6 Å². The highest BCUT2D eigenvalue weighted by molar-refractivity contribution is 7.90. The highest BCUT2D eigenvalue weighted by Crippen LogP contribution is 2.40. The molecule has 33 heavy (non-hydrogen) atoms. The summed E-state index contributed by atoms with van der Waals surface area (Å²) in [5, 5.41) is 8.69. The fourth-order valence-electron chi connectivity index (χ4n) is 3.40. The van der Waals surface area contributed by atoms with Gasteiger partial charge in [-0.15, -0.1) is 0 Å². The molecule has 0 amide bonds. The van der Waals surface area contributed by atoms with Crippen molar-refractivity contribution >= 4 is 26.7 Å². The number of aromatic nitrogens is 1. The number of rotatable bonds is 9. The summed E-state index contributed by atoms with van der Waals surface area (Å²) in [6.07, 6.45) is 1.23. The van der Waals surface area contributed by atoms with Gasteiger partial charge in [-0.2, -0.15) is 8.78 Å². The lowest BCUT2D eigenvalue weighted by atomic mass is 9.98. The topological polar surface area (TPSA) is 103 Å². The number of alkyl halides is 2. The molecular weight excluding hydrogens is 463 g/mol. The predicted molar refractivity (Wildman–Crippen MR) is 113 cm³/mol. The van der Waals surface area contributed by atoms with Gasteiger partial charge in [0, 0.05) is 23.9 Å². The van der Waals surface area contributed by atoms with Crippen LogP contribution in [-0.2, 0) is 27.5 Å². The molecule has 0 saturated carbocycles. The SMILES string of the molecule is CCc1nc2c(F)ccc(OCC(=O)O)c2c(OC(F)F)c1Cc1cccc(S(C)(=O)=O)c1. The van der Waals surface area contributed by atoms with Gasteiger partial charge in [-0.3, -0.25) is 0 Å². The second-order valence-corrected chi connectivity index (χ2v) is 9.16. The molecule has 0 aliphatic heterocycles. The lowest BCUT2D eigenvalue weighted by molar-refractivity contribution is -0.139. The monoisotopic (exact) mass is 483 g/mol. The maximum atomic E-state index is 14.6. The average Bonchev–Trinajstić information content (AvgIpc) is 2.74. The summed E-state index contributed by atoms with van der Waals surface area (Å²) in [6, 6.07) is 8.03. The van der Waals surface area contributed by atoms with E-state index in [9.17, 15) is 26.4 Å². The van der Waals surface area contributed by atoms with E-state index >= 15 is 0 Å². The van der Waals surface area contributed by atoms with Crippen LogP contribution in [-0.4, -0.2) is 44.0 Å². The zero-order valence-electron chi connectivity index (χ0n) is 17.6. The minimum absolute atomic E-state index is 0.0413. The number of hydrogen-bond acceptors (Lipinski definition) is 6. The van der Waals surface area contributed by atoms with E-state index in [0.717, 1.165) is 18.4 Å². The van der Waals surface area contributed by atoms with Gasteiger partial charge in [-0.1, -0.05) is 19.1 Å². The summed E-state index contributed by atoms with van der Waals surface area (Å²) in [5.74, 6) is -2.74. The summed E-state index contributed by atoms with van der Waals surface area (Å²) in [5.41, 5.74) is 0.607. The van der Waals surface area contributed by atoms with E-state index in [2.05, 4.69) is 4.98 Å². The van der Waals surface area contributed by atoms with Crippen molar-refractivity contribution in [1.29, 1.82) is 0 Å². The maximum absolute atomic E-state index is 14.6. The Kier molecular flexibility index (Phi) is 7.11. The first kappa shape index (κ1) is 24.3. The van der Waals surface area contributed by atoms with Crippen LogP contribution in [0.25, 0.3) is 10.9 Å². The number of aryl methyl sites for hydroxylation is 1. The van der Waals surface area contributed by atoms with Crippen molar-refractivity contribution in [3.8, 4) is 11.5 Å². The first-order valence-corrected chi connectivity index (χ1v) is 11.6. The summed E-state index contributed by atoms with van der Waals surface area (Å²) in [6.45, 7) is -2.38. The minimum Gasteiger partial charge on any atom is -0.481 e. The number of carbonyl (C=O) groups is 1. The van der Waals surface area contributed by atoms with Crippen molar-refractivity contribution in [1.82, 2.24) is 4.98 Å². The van der Waals surface area contributed by atoms with Crippen LogP contribution in [0.3, 0.4) is 0 Å². The fraction of sp³-hybridized carbons (Fsp3) is 0.273. The van der Waals surface area contributed by atoms with Crippen LogP contribution in [0, 0.1) is 5.82 Å². The smallest absolute Gasteiger partial charge is 0.387 e. The van der Waals surface area contributed by atoms with Crippen LogP contribution < -0.4 is 9.47 Å². The zero-order valence-corrected chi connectivity index (χ0v) is 18.5. The lowest BCUT2D eigenvalue weighted by Gasteiger charge is -2.19. The van der Waals surface area contributed by atoms with Gasteiger partial charge in [0.1, 0.15) is 22.8 Å². The molecule has 1 heterocycles. The Labute approximate surface area is 187 Å². The van der Waals surface area contributed by atoms with Crippen molar-refractivity contribution in [2.24, 2.45) is 0 Å². The van der Waals surface area contributed by atoms with Gasteiger partial charge in [0.05, 0.1) is 10.3 Å². The number of carboxylic acid groups (broad SMARTS) is 1. The van der Waals surface area contributed by atoms with Crippen LogP contribution >= 0.6 is 0 Å². The summed E-state index contributed by atoms with van der Waals surface area (Å²) in [7, 11) is -3.52. The van der Waals surface area contributed by atoms with Crippen molar-refractivity contribution in [2.45, 2.75) is 31.3 Å². The zero-order chi connectivity index (χ0) is 24.3. The van der Waals surface area contributed by atoms with E-state index in [1.807, 2.05) is 0 Å². The Bertz CT molecular complexity index is 1310. The quantitative estimate of drug-likeness (QED) is 0.491. The predicted octanol–water partition coefficient (Wildman–Crippen LogP) is 4.00. The van der Waals surface area contributed by atoms with E-state index < -0.39 is 40.6 Å². The fourth-order valence-corrected chi connectivity index (χ4v) is 4.10. The number of aliphatic carboxylic acids is 1. The number of benzene rings is 2. The number of carboxylic acids is 1. The third kappa shape index (κ3) is 5.54. The van der Waals surface area contributed by atoms with Gasteiger partial charge >= 0.3 is 12.6 Å². The van der Waals surface area contributed by atoms with Gasteiger partial charge in [-0.05, 0) is 36.2 Å². The highest BCUT2D eigenvalue weighted by atomic mass is 32.2. The number of ether oxygens (including phenoxy) is 2. The van der Waals surface area contributed by atoms with Crippen LogP contribution in [0.1, 0.15) is 23.7 Å². The Hall–Kier alpha value is -3.34. The Morgan fingerprint density at radius 2 is 1.94 bits per heavy atom. The van der Waals surface area contributed by atoms with Crippen molar-refractivity contribution in [2.75, 3.05) is 12.9 Å². The molecule has 1 N–H and O–H groups in total. The Balaban J connectivity index is 2.29. The van der Waals surface area contributed by atoms with E-state index in [-0.39, 0.29) is 45.6 Å². The van der Waals surface area contributed by atoms with Crippen molar-refractivity contribution in [3.63, 3.8) is 0 Å². The molecule has 7 nitrogen and oxygen atoms in total. The van der Waals surface area contributed by atoms with Gasteiger partial charge in [0.25, 0.3) is 0 Å². The second-order valence-electron chi connectivity index (χ2n) is 7.15. The summed E-state index contributed by atoms with van der Waals surface area (Å²) in [4.78, 5) is 15.3. The molecule has 0 unspecified atom stereocenters. The van der Waals surface area contributed by atoms with Crippen molar-refractivity contribution < 1.29 is 41.0 Å². The van der Waals surface area contributed by atoms with Gasteiger partial charge in [0.15, 0.2) is 16.4 Å². The molecule has 0 aliphatic rings. The number of hydrogen-bond donors (Lipinski definition) is 1. The minimum atomic E-state index is -3.52. The number of fused-ring (bicyclic) bond motifs is 1. The molecule has 0 bridgehead atoms. The van der Waals surface area contributed by atoms with E-state index in [1.54, 1.807) is 13.0 Å². The number of halogens is 3. The normalized spacial score (nSPS) is 11.7. The summed E-state index contributed by atoms with van der Waals surface area (Å²) < 4.78 is 75.2. The van der Waals surface area contributed by atoms with Gasteiger partial charge < -0.3 is 14.6 Å². The van der Waals surface area contributed by atoms with E-state index in [0.29, 0.717) is 5.56 Å². The molecule has 0 radical (unpaired) electrons. The molecule has 3 rings (SSSR count). The molecule has 0 fully saturated rings. The molecule has 0 atom stereocenters. The Morgan fingerprint density at radius 3 is 2.55 bits per heavy atom. The number of nitrogens with zero attached hydrogens (tertiary/aromatic N) is 1. The van der Waals surface area contributed by atoms with Crippen LogP contribution in [0.2, 0.25) is 0 Å². The van der Waals surface area contributed by atoms with Crippen LogP contribution in [0.15, 0.2) is 41.3 Å². The maximum Gasteiger partial charge on any atom is 0.387 e.